The zero-order valence-electron chi connectivity index (χ0n) is 12.7. The van der Waals surface area contributed by atoms with Gasteiger partial charge in [0.05, 0.1) is 25.0 Å². The molecular weight excluding hydrogens is 288 g/mol. The number of aliphatic hydroxyl groups excluding tert-OH is 1. The molecule has 2 rings (SSSR count). The van der Waals surface area contributed by atoms with Crippen LogP contribution in [0.15, 0.2) is 22.0 Å². The number of hydrogen-bond acceptors (Lipinski definition) is 6. The Morgan fingerprint density at radius 2 is 2.29 bits per heavy atom. The molecular formula is C15H22N2O3S. The van der Waals surface area contributed by atoms with E-state index in [1.54, 1.807) is 11.3 Å². The first-order chi connectivity index (χ1) is 10.1. The molecule has 2 heterocycles. The number of thiophene rings is 1. The lowest BCUT2D eigenvalue weighted by atomic mass is 10.2. The third-order valence-corrected chi connectivity index (χ3v) is 4.12. The predicted octanol–water partition coefficient (Wildman–Crippen LogP) is 2.36. The summed E-state index contributed by atoms with van der Waals surface area (Å²) in [6.07, 6.45) is -0.504. The molecule has 0 spiro atoms. The molecule has 0 aliphatic carbocycles. The fourth-order valence-electron chi connectivity index (χ4n) is 2.16. The Balaban J connectivity index is 1.70. The first kappa shape index (κ1) is 16.2. The zero-order valence-corrected chi connectivity index (χ0v) is 13.5. The standard InChI is InChI=1S/C15H22N2O3S/c1-11-15(12(2)20-16-11)8-17(3)7-13(18)9-19-10-14-5-4-6-21-14/h4-6,13,18H,7-10H2,1-3H3. The van der Waals surface area contributed by atoms with Gasteiger partial charge >= 0.3 is 0 Å². The third kappa shape index (κ3) is 4.93. The van der Waals surface area contributed by atoms with E-state index in [1.807, 2.05) is 43.3 Å². The highest BCUT2D eigenvalue weighted by molar-refractivity contribution is 7.09. The summed E-state index contributed by atoms with van der Waals surface area (Å²) in [5, 5.41) is 16.0. The van der Waals surface area contributed by atoms with E-state index < -0.39 is 6.10 Å². The second-order valence-electron chi connectivity index (χ2n) is 5.25. The van der Waals surface area contributed by atoms with Crippen molar-refractivity contribution in [1.29, 1.82) is 0 Å². The highest BCUT2D eigenvalue weighted by Gasteiger charge is 2.14. The van der Waals surface area contributed by atoms with Gasteiger partial charge in [0.1, 0.15) is 5.76 Å². The van der Waals surface area contributed by atoms with Crippen molar-refractivity contribution in [3.8, 4) is 0 Å². The number of nitrogens with zero attached hydrogens (tertiary/aromatic N) is 2. The highest BCUT2D eigenvalue weighted by Crippen LogP contribution is 2.14. The van der Waals surface area contributed by atoms with Gasteiger partial charge in [0, 0.05) is 23.5 Å². The number of rotatable bonds is 8. The van der Waals surface area contributed by atoms with E-state index in [2.05, 4.69) is 5.16 Å². The number of ether oxygens (including phenoxy) is 1. The van der Waals surface area contributed by atoms with Gasteiger partial charge in [-0.1, -0.05) is 11.2 Å². The van der Waals surface area contributed by atoms with Crippen LogP contribution in [0.2, 0.25) is 0 Å². The van der Waals surface area contributed by atoms with Gasteiger partial charge in [-0.15, -0.1) is 11.3 Å². The summed E-state index contributed by atoms with van der Waals surface area (Å²) in [5.74, 6) is 0.836. The molecule has 1 N–H and O–H groups in total. The lowest BCUT2D eigenvalue weighted by Crippen LogP contribution is -2.32. The number of likely N-dealkylation sites (N-methyl/N-ethyl adjacent to an activating group) is 1. The zero-order chi connectivity index (χ0) is 15.2. The second kappa shape index (κ2) is 7.70. The molecule has 6 heteroatoms. The molecule has 0 bridgehead atoms. The van der Waals surface area contributed by atoms with E-state index in [1.165, 1.54) is 4.88 Å². The van der Waals surface area contributed by atoms with Gasteiger partial charge in [-0.05, 0) is 32.3 Å². The van der Waals surface area contributed by atoms with Crippen molar-refractivity contribution in [2.75, 3.05) is 20.2 Å². The number of aromatic nitrogens is 1. The van der Waals surface area contributed by atoms with Gasteiger partial charge in [0.25, 0.3) is 0 Å². The second-order valence-corrected chi connectivity index (χ2v) is 6.28. The molecule has 116 valence electrons. The number of aliphatic hydroxyl groups is 1. The number of hydrogen-bond donors (Lipinski definition) is 1. The van der Waals surface area contributed by atoms with E-state index >= 15 is 0 Å². The molecule has 21 heavy (non-hydrogen) atoms. The molecule has 5 nitrogen and oxygen atoms in total. The van der Waals surface area contributed by atoms with Crippen LogP contribution in [-0.2, 0) is 17.9 Å². The molecule has 0 aliphatic rings. The van der Waals surface area contributed by atoms with E-state index in [4.69, 9.17) is 9.26 Å². The summed E-state index contributed by atoms with van der Waals surface area (Å²) in [4.78, 5) is 3.22. The summed E-state index contributed by atoms with van der Waals surface area (Å²) in [5.41, 5.74) is 1.99. The van der Waals surface area contributed by atoms with Crippen molar-refractivity contribution >= 4 is 11.3 Å². The van der Waals surface area contributed by atoms with Crippen LogP contribution in [0, 0.1) is 13.8 Å². The van der Waals surface area contributed by atoms with E-state index in [0.29, 0.717) is 26.3 Å². The first-order valence-corrected chi connectivity index (χ1v) is 7.82. The molecule has 2 aromatic rings. The van der Waals surface area contributed by atoms with Crippen LogP contribution in [0.4, 0.5) is 0 Å². The summed E-state index contributed by atoms with van der Waals surface area (Å²) in [7, 11) is 1.97. The van der Waals surface area contributed by atoms with Crippen LogP contribution < -0.4 is 0 Å². The van der Waals surface area contributed by atoms with E-state index in [-0.39, 0.29) is 0 Å². The van der Waals surface area contributed by atoms with Gasteiger partial charge in [-0.25, -0.2) is 0 Å². The number of aryl methyl sites for hydroxylation is 2. The summed E-state index contributed by atoms with van der Waals surface area (Å²) in [6.45, 7) is 5.99. The molecule has 0 fully saturated rings. The minimum absolute atomic E-state index is 0.337. The van der Waals surface area contributed by atoms with Crippen molar-refractivity contribution in [1.82, 2.24) is 10.1 Å². The lowest BCUT2D eigenvalue weighted by molar-refractivity contribution is 0.0134. The Labute approximate surface area is 129 Å². The van der Waals surface area contributed by atoms with Crippen LogP contribution in [0.1, 0.15) is 21.9 Å². The van der Waals surface area contributed by atoms with Gasteiger partial charge in [-0.2, -0.15) is 0 Å². The Morgan fingerprint density at radius 1 is 1.48 bits per heavy atom. The first-order valence-electron chi connectivity index (χ1n) is 6.94. The molecule has 1 unspecified atom stereocenters. The van der Waals surface area contributed by atoms with Gasteiger partial charge in [0.15, 0.2) is 0 Å². The molecule has 0 radical (unpaired) electrons. The minimum atomic E-state index is -0.504. The molecule has 2 aromatic heterocycles. The van der Waals surface area contributed by atoms with Crippen LogP contribution in [0.3, 0.4) is 0 Å². The largest absolute Gasteiger partial charge is 0.389 e. The topological polar surface area (TPSA) is 58.7 Å². The molecule has 0 saturated carbocycles. The van der Waals surface area contributed by atoms with Crippen LogP contribution in [0.5, 0.6) is 0 Å². The van der Waals surface area contributed by atoms with Gasteiger partial charge in [-0.3, -0.25) is 4.90 Å². The maximum atomic E-state index is 10.0. The molecule has 0 amide bonds. The van der Waals surface area contributed by atoms with Gasteiger partial charge < -0.3 is 14.4 Å². The van der Waals surface area contributed by atoms with Crippen molar-refractivity contribution < 1.29 is 14.4 Å². The summed E-state index contributed by atoms with van der Waals surface area (Å²) >= 11 is 1.66. The molecule has 0 saturated heterocycles. The van der Waals surface area contributed by atoms with Crippen molar-refractivity contribution in [3.05, 3.63) is 39.4 Å². The maximum Gasteiger partial charge on any atom is 0.138 e. The summed E-state index contributed by atoms with van der Waals surface area (Å²) < 4.78 is 10.7. The molecule has 0 aromatic carbocycles. The lowest BCUT2D eigenvalue weighted by Gasteiger charge is -2.20. The van der Waals surface area contributed by atoms with Crippen molar-refractivity contribution in [2.45, 2.75) is 33.1 Å². The highest BCUT2D eigenvalue weighted by atomic mass is 32.1. The Morgan fingerprint density at radius 3 is 2.90 bits per heavy atom. The van der Waals surface area contributed by atoms with Crippen LogP contribution >= 0.6 is 11.3 Å². The normalized spacial score (nSPS) is 13.0. The fraction of sp³-hybridized carbons (Fsp3) is 0.533. The Bertz CT molecular complexity index is 520. The predicted molar refractivity (Wildman–Crippen MR) is 82.3 cm³/mol. The Kier molecular flexibility index (Phi) is 5.93. The Hall–Kier alpha value is -1.21. The van der Waals surface area contributed by atoms with Gasteiger partial charge in [0.2, 0.25) is 0 Å². The third-order valence-electron chi connectivity index (χ3n) is 3.27. The molecule has 0 aliphatic heterocycles. The van der Waals surface area contributed by atoms with Crippen molar-refractivity contribution in [2.24, 2.45) is 0 Å². The smallest absolute Gasteiger partial charge is 0.138 e. The average molecular weight is 310 g/mol. The molecule has 1 atom stereocenters. The maximum absolute atomic E-state index is 10.0. The fourth-order valence-corrected chi connectivity index (χ4v) is 2.81. The monoisotopic (exact) mass is 310 g/mol. The van der Waals surface area contributed by atoms with Crippen LogP contribution in [-0.4, -0.2) is 41.5 Å². The van der Waals surface area contributed by atoms with Crippen LogP contribution in [0.25, 0.3) is 0 Å². The van der Waals surface area contributed by atoms with E-state index in [9.17, 15) is 5.11 Å². The summed E-state index contributed by atoms with van der Waals surface area (Å²) in [6, 6.07) is 4.03. The van der Waals surface area contributed by atoms with E-state index in [0.717, 1.165) is 17.0 Å². The minimum Gasteiger partial charge on any atom is -0.389 e. The quantitative estimate of drug-likeness (QED) is 0.811. The average Bonchev–Trinajstić information content (AvgIpc) is 3.04. The van der Waals surface area contributed by atoms with Crippen molar-refractivity contribution in [3.63, 3.8) is 0 Å². The SMILES string of the molecule is Cc1noc(C)c1CN(C)CC(O)COCc1cccs1.